The number of aliphatic hydroxyl groups is 1. The zero-order valence-electron chi connectivity index (χ0n) is 9.17. The number of alkyl halides is 1. The van der Waals surface area contributed by atoms with Crippen LogP contribution < -0.4 is 0 Å². The fourth-order valence-electron chi connectivity index (χ4n) is 1.25. The first-order valence-corrected chi connectivity index (χ1v) is 6.16. The molecule has 0 saturated heterocycles. The molecule has 0 saturated carbocycles. The average Bonchev–Trinajstić information content (AvgIpc) is 2.21. The van der Waals surface area contributed by atoms with Gasteiger partial charge in [0.25, 0.3) is 0 Å². The molecule has 0 radical (unpaired) electrons. The summed E-state index contributed by atoms with van der Waals surface area (Å²) in [7, 11) is 0. The van der Waals surface area contributed by atoms with Crippen LogP contribution in [0, 0.1) is 0 Å². The summed E-state index contributed by atoms with van der Waals surface area (Å²) in [6.07, 6.45) is 7.09. The Morgan fingerprint density at radius 1 is 1.14 bits per heavy atom. The maximum Gasteiger partial charge on any atom is 0.0908 e. The van der Waals surface area contributed by atoms with Crippen LogP contribution >= 0.6 is 11.6 Å². The molecule has 0 amide bonds. The van der Waals surface area contributed by atoms with Gasteiger partial charge in [0.05, 0.1) is 18.6 Å². The second-order valence-electron chi connectivity index (χ2n) is 3.65. The molecule has 0 aromatic heterocycles. The van der Waals surface area contributed by atoms with Crippen LogP contribution in [0.2, 0.25) is 0 Å². The molecule has 86 valence electrons. The summed E-state index contributed by atoms with van der Waals surface area (Å²) in [5, 5.41) is 9.07. The number of unbranched alkanes of at least 4 members (excludes halogenated alkanes) is 5. The third kappa shape index (κ3) is 10.3. The number of hydrogen-bond donors (Lipinski definition) is 1. The van der Waals surface area contributed by atoms with Crippen molar-refractivity contribution in [3.63, 3.8) is 0 Å². The fourth-order valence-corrected chi connectivity index (χ4v) is 1.34. The van der Waals surface area contributed by atoms with Gasteiger partial charge in [-0.3, -0.25) is 0 Å². The van der Waals surface area contributed by atoms with Gasteiger partial charge in [-0.2, -0.15) is 0 Å². The lowest BCUT2D eigenvalue weighted by molar-refractivity contribution is 0.0461. The lowest BCUT2D eigenvalue weighted by Crippen LogP contribution is -2.17. The van der Waals surface area contributed by atoms with Crippen molar-refractivity contribution in [1.82, 2.24) is 0 Å². The fraction of sp³-hybridized carbons (Fsp3) is 1.00. The summed E-state index contributed by atoms with van der Waals surface area (Å²) in [4.78, 5) is 0. The van der Waals surface area contributed by atoms with E-state index in [-0.39, 0.29) is 5.88 Å². The Labute approximate surface area is 92.6 Å². The normalized spacial score (nSPS) is 13.1. The van der Waals surface area contributed by atoms with Crippen molar-refractivity contribution in [3.8, 4) is 0 Å². The van der Waals surface area contributed by atoms with Gasteiger partial charge >= 0.3 is 0 Å². The monoisotopic (exact) mass is 222 g/mol. The van der Waals surface area contributed by atoms with E-state index in [1.165, 1.54) is 32.1 Å². The smallest absolute Gasteiger partial charge is 0.0908 e. The molecule has 0 aromatic carbocycles. The Morgan fingerprint density at radius 2 is 1.79 bits per heavy atom. The van der Waals surface area contributed by atoms with Gasteiger partial charge in [0.1, 0.15) is 0 Å². The highest BCUT2D eigenvalue weighted by Gasteiger charge is 2.00. The first-order chi connectivity index (χ1) is 6.81. The van der Waals surface area contributed by atoms with Crippen molar-refractivity contribution in [3.05, 3.63) is 0 Å². The summed E-state index contributed by atoms with van der Waals surface area (Å²) < 4.78 is 5.26. The van der Waals surface area contributed by atoms with E-state index in [9.17, 15) is 0 Å². The van der Waals surface area contributed by atoms with Crippen LogP contribution in [-0.2, 0) is 4.74 Å². The van der Waals surface area contributed by atoms with E-state index in [1.807, 2.05) is 0 Å². The third-order valence-corrected chi connectivity index (χ3v) is 2.49. The highest BCUT2D eigenvalue weighted by molar-refractivity contribution is 6.18. The van der Waals surface area contributed by atoms with Gasteiger partial charge in [-0.05, 0) is 6.42 Å². The number of rotatable bonds is 10. The molecule has 1 N–H and O–H groups in total. The first-order valence-electron chi connectivity index (χ1n) is 5.63. The van der Waals surface area contributed by atoms with E-state index < -0.39 is 6.10 Å². The van der Waals surface area contributed by atoms with Crippen LogP contribution in [0.4, 0.5) is 0 Å². The van der Waals surface area contributed by atoms with Gasteiger partial charge in [0, 0.05) is 6.61 Å². The van der Waals surface area contributed by atoms with Crippen LogP contribution in [0.5, 0.6) is 0 Å². The highest BCUT2D eigenvalue weighted by Crippen LogP contribution is 2.04. The van der Waals surface area contributed by atoms with Crippen LogP contribution in [-0.4, -0.2) is 30.3 Å². The number of halogens is 1. The SMILES string of the molecule is CCCCCCCCOC[C@@H](O)CCl. The second-order valence-corrected chi connectivity index (χ2v) is 3.96. The Hall–Kier alpha value is 0.210. The van der Waals surface area contributed by atoms with E-state index in [2.05, 4.69) is 6.92 Å². The number of hydrogen-bond acceptors (Lipinski definition) is 2. The summed E-state index contributed by atoms with van der Waals surface area (Å²) in [5.41, 5.74) is 0. The minimum atomic E-state index is -0.503. The van der Waals surface area contributed by atoms with Crippen molar-refractivity contribution in [1.29, 1.82) is 0 Å². The molecule has 0 aliphatic rings. The van der Waals surface area contributed by atoms with E-state index in [0.717, 1.165) is 13.0 Å². The van der Waals surface area contributed by atoms with Crippen LogP contribution in [0.15, 0.2) is 0 Å². The zero-order valence-corrected chi connectivity index (χ0v) is 9.93. The topological polar surface area (TPSA) is 29.5 Å². The van der Waals surface area contributed by atoms with Crippen LogP contribution in [0.3, 0.4) is 0 Å². The Kier molecular flexibility index (Phi) is 11.5. The Bertz CT molecular complexity index is 109. The van der Waals surface area contributed by atoms with Crippen LogP contribution in [0.25, 0.3) is 0 Å². The molecule has 14 heavy (non-hydrogen) atoms. The van der Waals surface area contributed by atoms with Crippen molar-refractivity contribution >= 4 is 11.6 Å². The number of aliphatic hydroxyl groups excluding tert-OH is 1. The molecular weight excluding hydrogens is 200 g/mol. The lowest BCUT2D eigenvalue weighted by Gasteiger charge is -2.07. The Morgan fingerprint density at radius 3 is 2.43 bits per heavy atom. The lowest BCUT2D eigenvalue weighted by atomic mass is 10.1. The molecule has 0 heterocycles. The van der Waals surface area contributed by atoms with Gasteiger partial charge in [-0.25, -0.2) is 0 Å². The van der Waals surface area contributed by atoms with E-state index >= 15 is 0 Å². The summed E-state index contributed by atoms with van der Waals surface area (Å²) in [6, 6.07) is 0. The van der Waals surface area contributed by atoms with E-state index in [1.54, 1.807) is 0 Å². The molecule has 2 nitrogen and oxygen atoms in total. The largest absolute Gasteiger partial charge is 0.389 e. The van der Waals surface area contributed by atoms with E-state index in [0.29, 0.717) is 6.61 Å². The molecule has 0 aliphatic heterocycles. The van der Waals surface area contributed by atoms with Gasteiger partial charge in [0.15, 0.2) is 0 Å². The van der Waals surface area contributed by atoms with Crippen molar-refractivity contribution in [2.45, 2.75) is 51.6 Å². The molecule has 0 aromatic rings. The van der Waals surface area contributed by atoms with Crippen molar-refractivity contribution < 1.29 is 9.84 Å². The van der Waals surface area contributed by atoms with Gasteiger partial charge in [-0.15, -0.1) is 11.6 Å². The molecule has 0 rings (SSSR count). The second kappa shape index (κ2) is 11.3. The predicted molar refractivity (Wildman–Crippen MR) is 60.9 cm³/mol. The minimum Gasteiger partial charge on any atom is -0.389 e. The maximum absolute atomic E-state index is 9.07. The van der Waals surface area contributed by atoms with Gasteiger partial charge < -0.3 is 9.84 Å². The number of ether oxygens (including phenoxy) is 1. The van der Waals surface area contributed by atoms with Crippen molar-refractivity contribution in [2.75, 3.05) is 19.1 Å². The maximum atomic E-state index is 9.07. The van der Waals surface area contributed by atoms with Crippen LogP contribution in [0.1, 0.15) is 45.4 Å². The predicted octanol–water partition coefficient (Wildman–Crippen LogP) is 2.96. The standard InChI is InChI=1S/C11H23ClO2/c1-2-3-4-5-6-7-8-14-10-11(13)9-12/h11,13H,2-10H2,1H3/t11-/m0/s1. The quantitative estimate of drug-likeness (QED) is 0.455. The zero-order chi connectivity index (χ0) is 10.6. The molecule has 0 fully saturated rings. The third-order valence-electron chi connectivity index (χ3n) is 2.13. The highest BCUT2D eigenvalue weighted by atomic mass is 35.5. The molecule has 0 unspecified atom stereocenters. The van der Waals surface area contributed by atoms with Crippen molar-refractivity contribution in [2.24, 2.45) is 0 Å². The van der Waals surface area contributed by atoms with E-state index in [4.69, 9.17) is 21.4 Å². The molecule has 0 aliphatic carbocycles. The summed E-state index contributed by atoms with van der Waals surface area (Å²) in [5.74, 6) is 0.260. The molecule has 1 atom stereocenters. The van der Waals surface area contributed by atoms with Gasteiger partial charge in [-0.1, -0.05) is 39.0 Å². The Balaban J connectivity index is 2.92. The summed E-state index contributed by atoms with van der Waals surface area (Å²) in [6.45, 7) is 3.34. The molecular formula is C11H23ClO2. The summed E-state index contributed by atoms with van der Waals surface area (Å²) >= 11 is 5.42. The molecule has 3 heteroatoms. The first kappa shape index (κ1) is 14.2. The molecule has 0 spiro atoms. The minimum absolute atomic E-state index is 0.260. The average molecular weight is 223 g/mol. The van der Waals surface area contributed by atoms with Gasteiger partial charge in [0.2, 0.25) is 0 Å². The molecule has 0 bridgehead atoms.